The Bertz CT molecular complexity index is 878. The highest BCUT2D eigenvalue weighted by Gasteiger charge is 2.32. The van der Waals surface area contributed by atoms with E-state index in [1.807, 2.05) is 17.0 Å². The monoisotopic (exact) mass is 408 g/mol. The lowest BCUT2D eigenvalue weighted by atomic mass is 10.0. The van der Waals surface area contributed by atoms with E-state index >= 15 is 0 Å². The number of urea groups is 1. The molecule has 8 nitrogen and oxygen atoms in total. The summed E-state index contributed by atoms with van der Waals surface area (Å²) in [5, 5.41) is 0. The van der Waals surface area contributed by atoms with E-state index < -0.39 is 0 Å². The van der Waals surface area contributed by atoms with E-state index in [9.17, 15) is 9.59 Å². The molecule has 0 atom stereocenters. The third-order valence-corrected chi connectivity index (χ3v) is 5.76. The van der Waals surface area contributed by atoms with Crippen LogP contribution in [0.15, 0.2) is 42.7 Å². The Balaban J connectivity index is 1.30. The second kappa shape index (κ2) is 8.69. The van der Waals surface area contributed by atoms with Gasteiger partial charge in [0.1, 0.15) is 6.54 Å². The zero-order valence-corrected chi connectivity index (χ0v) is 17.6. The lowest BCUT2D eigenvalue weighted by Crippen LogP contribution is -2.52. The minimum atomic E-state index is -0.100. The molecule has 0 radical (unpaired) electrons. The Morgan fingerprint density at radius 2 is 1.63 bits per heavy atom. The molecule has 2 aliphatic heterocycles. The lowest BCUT2D eigenvalue weighted by molar-refractivity contribution is -0.131. The van der Waals surface area contributed by atoms with Gasteiger partial charge in [0, 0.05) is 57.3 Å². The summed E-state index contributed by atoms with van der Waals surface area (Å²) in [5.41, 5.74) is 2.13. The lowest BCUT2D eigenvalue weighted by Gasteiger charge is -2.35. The summed E-state index contributed by atoms with van der Waals surface area (Å²) in [7, 11) is 0. The smallest absolute Gasteiger partial charge is 0.325 e. The first-order chi connectivity index (χ1) is 14.5. The molecule has 0 bridgehead atoms. The van der Waals surface area contributed by atoms with Crippen LogP contribution in [0.4, 0.5) is 16.4 Å². The van der Waals surface area contributed by atoms with Gasteiger partial charge in [-0.05, 0) is 29.7 Å². The van der Waals surface area contributed by atoms with Crippen LogP contribution in [-0.2, 0) is 4.79 Å². The number of carbonyl (C=O) groups is 2. The molecule has 30 heavy (non-hydrogen) atoms. The molecule has 1 aromatic carbocycles. The minimum absolute atomic E-state index is 0.00557. The van der Waals surface area contributed by atoms with Gasteiger partial charge in [0.25, 0.3) is 0 Å². The van der Waals surface area contributed by atoms with E-state index in [1.54, 1.807) is 28.3 Å². The highest BCUT2D eigenvalue weighted by molar-refractivity contribution is 5.96. The highest BCUT2D eigenvalue weighted by atomic mass is 16.2. The van der Waals surface area contributed by atoms with Crippen molar-refractivity contribution in [2.24, 2.45) is 0 Å². The number of rotatable bonds is 5. The van der Waals surface area contributed by atoms with Gasteiger partial charge in [-0.1, -0.05) is 26.0 Å². The van der Waals surface area contributed by atoms with Crippen LogP contribution in [0.2, 0.25) is 0 Å². The first kappa shape index (κ1) is 20.1. The number of aromatic nitrogens is 2. The maximum absolute atomic E-state index is 12.8. The summed E-state index contributed by atoms with van der Waals surface area (Å²) in [6.07, 6.45) is 3.45. The SMILES string of the molecule is CC(C)c1ccc(N2CCN(CC(=O)N3CCN(c4ncccn4)CC3)C2=O)cc1. The van der Waals surface area contributed by atoms with Crippen LogP contribution in [-0.4, -0.2) is 77.5 Å². The molecule has 0 saturated carbocycles. The average molecular weight is 409 g/mol. The van der Waals surface area contributed by atoms with Crippen LogP contribution in [0.5, 0.6) is 0 Å². The van der Waals surface area contributed by atoms with E-state index in [0.29, 0.717) is 51.1 Å². The Morgan fingerprint density at radius 1 is 0.967 bits per heavy atom. The van der Waals surface area contributed by atoms with E-state index in [1.165, 1.54) is 5.56 Å². The van der Waals surface area contributed by atoms with Gasteiger partial charge in [-0.15, -0.1) is 0 Å². The van der Waals surface area contributed by atoms with Crippen molar-refractivity contribution in [1.29, 1.82) is 0 Å². The fourth-order valence-electron chi connectivity index (χ4n) is 3.88. The number of benzene rings is 1. The van der Waals surface area contributed by atoms with Crippen molar-refractivity contribution in [1.82, 2.24) is 19.8 Å². The molecule has 2 aliphatic rings. The molecular weight excluding hydrogens is 380 g/mol. The molecule has 0 unspecified atom stereocenters. The van der Waals surface area contributed by atoms with Crippen LogP contribution in [0, 0.1) is 0 Å². The second-order valence-electron chi connectivity index (χ2n) is 8.02. The third kappa shape index (κ3) is 4.22. The van der Waals surface area contributed by atoms with E-state index in [2.05, 4.69) is 40.8 Å². The van der Waals surface area contributed by atoms with Crippen molar-refractivity contribution in [3.63, 3.8) is 0 Å². The molecule has 158 valence electrons. The van der Waals surface area contributed by atoms with Crippen molar-refractivity contribution >= 4 is 23.6 Å². The predicted octanol–water partition coefficient (Wildman–Crippen LogP) is 2.19. The molecule has 2 saturated heterocycles. The molecule has 0 aliphatic carbocycles. The summed E-state index contributed by atoms with van der Waals surface area (Å²) in [4.78, 5) is 41.4. The summed E-state index contributed by atoms with van der Waals surface area (Å²) in [6.45, 7) is 8.20. The normalized spacial score (nSPS) is 17.2. The van der Waals surface area contributed by atoms with E-state index in [-0.39, 0.29) is 18.5 Å². The van der Waals surface area contributed by atoms with Crippen LogP contribution in [0.25, 0.3) is 0 Å². The van der Waals surface area contributed by atoms with Crippen molar-refractivity contribution in [3.05, 3.63) is 48.3 Å². The fraction of sp³-hybridized carbons (Fsp3) is 0.455. The Kier molecular flexibility index (Phi) is 5.83. The van der Waals surface area contributed by atoms with Crippen LogP contribution in [0.3, 0.4) is 0 Å². The van der Waals surface area contributed by atoms with Crippen LogP contribution in [0.1, 0.15) is 25.3 Å². The van der Waals surface area contributed by atoms with Crippen molar-refractivity contribution < 1.29 is 9.59 Å². The number of piperazine rings is 1. The van der Waals surface area contributed by atoms with Gasteiger partial charge in [-0.25, -0.2) is 14.8 Å². The molecule has 0 N–H and O–H groups in total. The Hall–Kier alpha value is -3.16. The Morgan fingerprint density at radius 3 is 2.27 bits per heavy atom. The maximum atomic E-state index is 12.8. The van der Waals surface area contributed by atoms with Gasteiger partial charge in [-0.3, -0.25) is 9.69 Å². The first-order valence-corrected chi connectivity index (χ1v) is 10.5. The number of hydrogen-bond acceptors (Lipinski definition) is 5. The van der Waals surface area contributed by atoms with Crippen LogP contribution >= 0.6 is 0 Å². The van der Waals surface area contributed by atoms with Crippen molar-refractivity contribution in [2.75, 3.05) is 55.6 Å². The van der Waals surface area contributed by atoms with Gasteiger partial charge in [0.05, 0.1) is 0 Å². The van der Waals surface area contributed by atoms with Crippen LogP contribution < -0.4 is 9.80 Å². The average Bonchev–Trinajstić information content (AvgIpc) is 3.14. The zero-order valence-electron chi connectivity index (χ0n) is 17.6. The van der Waals surface area contributed by atoms with Crippen molar-refractivity contribution in [3.8, 4) is 0 Å². The molecule has 1 aromatic heterocycles. The van der Waals surface area contributed by atoms with Gasteiger partial charge in [0.2, 0.25) is 11.9 Å². The summed E-state index contributed by atoms with van der Waals surface area (Å²) < 4.78 is 0. The fourth-order valence-corrected chi connectivity index (χ4v) is 3.88. The van der Waals surface area contributed by atoms with Gasteiger partial charge in [-0.2, -0.15) is 0 Å². The summed E-state index contributed by atoms with van der Waals surface area (Å²) in [6, 6.07) is 9.80. The molecule has 8 heteroatoms. The molecule has 3 heterocycles. The molecule has 2 fully saturated rings. The van der Waals surface area contributed by atoms with E-state index in [4.69, 9.17) is 0 Å². The minimum Gasteiger partial charge on any atom is -0.338 e. The summed E-state index contributed by atoms with van der Waals surface area (Å²) >= 11 is 0. The number of anilines is 2. The molecule has 0 spiro atoms. The zero-order chi connectivity index (χ0) is 21.1. The first-order valence-electron chi connectivity index (χ1n) is 10.5. The number of carbonyl (C=O) groups excluding carboxylic acids is 2. The molecule has 2 aromatic rings. The standard InChI is InChI=1S/C22H28N6O2/c1-17(2)18-4-6-19(7-5-18)28-15-14-27(22(28)30)16-20(29)25-10-12-26(13-11-25)21-23-8-3-9-24-21/h3-9,17H,10-16H2,1-2H3. The topological polar surface area (TPSA) is 72.9 Å². The van der Waals surface area contributed by atoms with Gasteiger partial charge >= 0.3 is 6.03 Å². The maximum Gasteiger partial charge on any atom is 0.325 e. The third-order valence-electron chi connectivity index (χ3n) is 5.76. The van der Waals surface area contributed by atoms with Crippen molar-refractivity contribution in [2.45, 2.75) is 19.8 Å². The van der Waals surface area contributed by atoms with E-state index in [0.717, 1.165) is 5.69 Å². The second-order valence-corrected chi connectivity index (χ2v) is 8.02. The van der Waals surface area contributed by atoms with Gasteiger partial charge < -0.3 is 14.7 Å². The predicted molar refractivity (Wildman–Crippen MR) is 116 cm³/mol. The molecule has 4 rings (SSSR count). The largest absolute Gasteiger partial charge is 0.338 e. The molecular formula is C22H28N6O2. The number of nitrogens with zero attached hydrogens (tertiary/aromatic N) is 6. The number of hydrogen-bond donors (Lipinski definition) is 0. The summed E-state index contributed by atoms with van der Waals surface area (Å²) in [5.74, 6) is 1.14. The van der Waals surface area contributed by atoms with Gasteiger partial charge in [0.15, 0.2) is 0 Å². The molecule has 3 amide bonds. The Labute approximate surface area is 177 Å². The highest BCUT2D eigenvalue weighted by Crippen LogP contribution is 2.23. The quantitative estimate of drug-likeness (QED) is 0.758. The number of amides is 3.